The Kier molecular flexibility index (Phi) is 4.78. The molecule has 1 aliphatic heterocycles. The number of benzene rings is 1. The summed E-state index contributed by atoms with van der Waals surface area (Å²) in [5.41, 5.74) is 1.04. The van der Waals surface area contributed by atoms with E-state index in [4.69, 9.17) is 4.18 Å². The van der Waals surface area contributed by atoms with E-state index in [0.29, 0.717) is 12.1 Å². The maximum Gasteiger partial charge on any atom is 0.297 e. The highest BCUT2D eigenvalue weighted by Crippen LogP contribution is 2.33. The quantitative estimate of drug-likeness (QED) is 0.767. The van der Waals surface area contributed by atoms with Crippen molar-refractivity contribution in [2.24, 2.45) is 0 Å². The van der Waals surface area contributed by atoms with Gasteiger partial charge in [0.05, 0.1) is 11.0 Å². The molecule has 1 heterocycles. The molecule has 0 amide bonds. The number of rotatable bonds is 5. The van der Waals surface area contributed by atoms with Crippen LogP contribution in [0.4, 0.5) is 0 Å². The Morgan fingerprint density at radius 2 is 1.83 bits per heavy atom. The predicted octanol–water partition coefficient (Wildman–Crippen LogP) is 1.87. The van der Waals surface area contributed by atoms with Gasteiger partial charge < -0.3 is 4.90 Å². The van der Waals surface area contributed by atoms with Gasteiger partial charge in [0, 0.05) is 25.2 Å². The van der Waals surface area contributed by atoms with Gasteiger partial charge in [0.2, 0.25) is 0 Å². The topological polar surface area (TPSA) is 49.9 Å². The number of hydrogen-bond acceptors (Lipinski definition) is 5. The fraction of sp³-hybridized carbons (Fsp3) is 0.647. The van der Waals surface area contributed by atoms with E-state index in [9.17, 15) is 8.42 Å². The van der Waals surface area contributed by atoms with Crippen molar-refractivity contribution >= 4 is 10.1 Å². The number of hydrogen-bond donors (Lipinski definition) is 0. The largest absolute Gasteiger partial charge is 0.305 e. The summed E-state index contributed by atoms with van der Waals surface area (Å²) in [5.74, 6) is 0. The van der Waals surface area contributed by atoms with Crippen molar-refractivity contribution in [2.45, 2.75) is 49.3 Å². The molecule has 1 saturated heterocycles. The lowest BCUT2D eigenvalue weighted by Gasteiger charge is -2.40. The first-order chi connectivity index (χ1) is 10.8. The van der Waals surface area contributed by atoms with Gasteiger partial charge in [-0.05, 0) is 52.4 Å². The van der Waals surface area contributed by atoms with Crippen LogP contribution in [0, 0.1) is 6.92 Å². The van der Waals surface area contributed by atoms with Gasteiger partial charge in [-0.2, -0.15) is 8.42 Å². The maximum absolute atomic E-state index is 12.3. The average Bonchev–Trinajstić information content (AvgIpc) is 2.92. The van der Waals surface area contributed by atoms with Gasteiger partial charge in [0.25, 0.3) is 10.1 Å². The van der Waals surface area contributed by atoms with Crippen LogP contribution in [0.5, 0.6) is 0 Å². The summed E-state index contributed by atoms with van der Waals surface area (Å²) in [6, 6.07) is 7.91. The molecule has 0 spiro atoms. The Bertz CT molecular complexity index is 636. The van der Waals surface area contributed by atoms with Gasteiger partial charge in [-0.1, -0.05) is 17.7 Å². The van der Waals surface area contributed by atoms with Crippen LogP contribution >= 0.6 is 0 Å². The van der Waals surface area contributed by atoms with Crippen LogP contribution in [-0.2, 0) is 14.3 Å². The number of likely N-dealkylation sites (N-methyl/N-ethyl adjacent to an activating group) is 1. The van der Waals surface area contributed by atoms with E-state index in [1.807, 2.05) is 6.92 Å². The lowest BCUT2D eigenvalue weighted by atomic mass is 9.88. The molecule has 128 valence electrons. The Hall–Kier alpha value is -0.950. The van der Waals surface area contributed by atoms with E-state index >= 15 is 0 Å². The van der Waals surface area contributed by atoms with Crippen LogP contribution in [-0.4, -0.2) is 63.6 Å². The number of nitrogens with zero attached hydrogens (tertiary/aromatic N) is 2. The van der Waals surface area contributed by atoms with Crippen molar-refractivity contribution in [1.82, 2.24) is 9.80 Å². The molecule has 1 aromatic rings. The SMILES string of the molecule is Cc1ccc(S(=O)(=O)O[C@H]2C[C@@H](N3CC[C@@H](N(C)C)C3)C2)cc1. The minimum atomic E-state index is -3.64. The van der Waals surface area contributed by atoms with Gasteiger partial charge in [0.1, 0.15) is 0 Å². The molecular formula is C17H26N2O3S. The molecule has 0 aromatic heterocycles. The molecule has 6 heteroatoms. The van der Waals surface area contributed by atoms with Crippen LogP contribution in [0.3, 0.4) is 0 Å². The second-order valence-electron chi connectivity index (χ2n) is 7.01. The first kappa shape index (κ1) is 16.9. The summed E-state index contributed by atoms with van der Waals surface area (Å²) < 4.78 is 29.9. The van der Waals surface area contributed by atoms with Gasteiger partial charge in [-0.15, -0.1) is 0 Å². The molecule has 1 aromatic carbocycles. The van der Waals surface area contributed by atoms with E-state index in [2.05, 4.69) is 23.9 Å². The second-order valence-corrected chi connectivity index (χ2v) is 8.58. The van der Waals surface area contributed by atoms with Crippen LogP contribution in [0.1, 0.15) is 24.8 Å². The lowest BCUT2D eigenvalue weighted by Crippen LogP contribution is -2.48. The van der Waals surface area contributed by atoms with Crippen LogP contribution in [0.25, 0.3) is 0 Å². The van der Waals surface area contributed by atoms with Crippen molar-refractivity contribution in [3.63, 3.8) is 0 Å². The molecule has 1 aliphatic carbocycles. The Labute approximate surface area is 139 Å². The van der Waals surface area contributed by atoms with Crippen molar-refractivity contribution in [1.29, 1.82) is 0 Å². The summed E-state index contributed by atoms with van der Waals surface area (Å²) >= 11 is 0. The highest BCUT2D eigenvalue weighted by atomic mass is 32.2. The molecule has 2 aliphatic rings. The minimum absolute atomic E-state index is 0.176. The van der Waals surface area contributed by atoms with Gasteiger partial charge >= 0.3 is 0 Å². The first-order valence-corrected chi connectivity index (χ1v) is 9.66. The zero-order chi connectivity index (χ0) is 16.6. The van der Waals surface area contributed by atoms with Crippen LogP contribution in [0.15, 0.2) is 29.2 Å². The Morgan fingerprint density at radius 3 is 2.39 bits per heavy atom. The monoisotopic (exact) mass is 338 g/mol. The van der Waals surface area contributed by atoms with Crippen LogP contribution in [0.2, 0.25) is 0 Å². The molecule has 1 atom stereocenters. The Balaban J connectivity index is 1.51. The molecule has 23 heavy (non-hydrogen) atoms. The molecule has 2 fully saturated rings. The van der Waals surface area contributed by atoms with Crippen molar-refractivity contribution in [3.05, 3.63) is 29.8 Å². The number of aryl methyl sites for hydroxylation is 1. The Morgan fingerprint density at radius 1 is 1.17 bits per heavy atom. The zero-order valence-corrected chi connectivity index (χ0v) is 14.9. The summed E-state index contributed by atoms with van der Waals surface area (Å²) in [7, 11) is 0.605. The second kappa shape index (κ2) is 6.51. The molecule has 5 nitrogen and oxygen atoms in total. The van der Waals surface area contributed by atoms with Crippen molar-refractivity contribution < 1.29 is 12.6 Å². The molecule has 0 N–H and O–H groups in total. The van der Waals surface area contributed by atoms with Gasteiger partial charge in [0.15, 0.2) is 0 Å². The highest BCUT2D eigenvalue weighted by Gasteiger charge is 2.40. The van der Waals surface area contributed by atoms with Gasteiger partial charge in [-0.25, -0.2) is 0 Å². The van der Waals surface area contributed by atoms with Crippen molar-refractivity contribution in [2.75, 3.05) is 27.2 Å². The lowest BCUT2D eigenvalue weighted by molar-refractivity contribution is 0.0298. The first-order valence-electron chi connectivity index (χ1n) is 8.25. The molecule has 0 bridgehead atoms. The molecule has 3 rings (SSSR count). The van der Waals surface area contributed by atoms with E-state index in [-0.39, 0.29) is 11.0 Å². The molecule has 0 unspecified atom stereocenters. The highest BCUT2D eigenvalue weighted by molar-refractivity contribution is 7.86. The maximum atomic E-state index is 12.3. The standard InChI is InChI=1S/C17H26N2O3S/c1-13-4-6-17(7-5-13)23(20,21)22-16-10-15(11-16)19-9-8-14(12-19)18(2)3/h4-7,14-16H,8-12H2,1-3H3/t14-,15-,16+/m1/s1. The predicted molar refractivity (Wildman–Crippen MR) is 89.9 cm³/mol. The fourth-order valence-corrected chi connectivity index (χ4v) is 4.47. The summed E-state index contributed by atoms with van der Waals surface area (Å²) in [6.45, 7) is 4.12. The smallest absolute Gasteiger partial charge is 0.297 e. The normalized spacial score (nSPS) is 29.0. The van der Waals surface area contributed by atoms with E-state index in [1.165, 1.54) is 6.42 Å². The fourth-order valence-electron chi connectivity index (χ4n) is 3.38. The number of likely N-dealkylation sites (tertiary alicyclic amines) is 1. The molecule has 1 saturated carbocycles. The zero-order valence-electron chi connectivity index (χ0n) is 14.1. The third kappa shape index (κ3) is 3.76. The molecule has 0 radical (unpaired) electrons. The van der Waals surface area contributed by atoms with E-state index in [0.717, 1.165) is 31.5 Å². The van der Waals surface area contributed by atoms with Crippen LogP contribution < -0.4 is 0 Å². The van der Waals surface area contributed by atoms with E-state index in [1.54, 1.807) is 24.3 Å². The molecular weight excluding hydrogens is 312 g/mol. The third-order valence-corrected chi connectivity index (χ3v) is 6.46. The summed E-state index contributed by atoms with van der Waals surface area (Å²) in [5, 5.41) is 0. The minimum Gasteiger partial charge on any atom is -0.305 e. The van der Waals surface area contributed by atoms with Crippen molar-refractivity contribution in [3.8, 4) is 0 Å². The average molecular weight is 338 g/mol. The van der Waals surface area contributed by atoms with E-state index < -0.39 is 10.1 Å². The summed E-state index contributed by atoms with van der Waals surface area (Å²) in [6.07, 6.45) is 2.64. The van der Waals surface area contributed by atoms with Gasteiger partial charge in [-0.3, -0.25) is 9.08 Å². The third-order valence-electron chi connectivity index (χ3n) is 5.08. The summed E-state index contributed by atoms with van der Waals surface area (Å²) in [4.78, 5) is 5.00.